The van der Waals surface area contributed by atoms with Crippen molar-refractivity contribution in [2.24, 2.45) is 0 Å². The molecule has 3 rings (SSSR count). The van der Waals surface area contributed by atoms with E-state index in [4.69, 9.17) is 9.47 Å². The zero-order valence-corrected chi connectivity index (χ0v) is 12.1. The fourth-order valence-electron chi connectivity index (χ4n) is 1.97. The van der Waals surface area contributed by atoms with Crippen LogP contribution in [0.15, 0.2) is 78.9 Å². The normalized spacial score (nSPS) is 10.1. The van der Waals surface area contributed by atoms with Crippen LogP contribution in [0.4, 0.5) is 5.69 Å². The van der Waals surface area contributed by atoms with Gasteiger partial charge >= 0.3 is 0 Å². The molecule has 3 aromatic carbocycles. The predicted molar refractivity (Wildman–Crippen MR) is 86.1 cm³/mol. The molecule has 5 nitrogen and oxygen atoms in total. The van der Waals surface area contributed by atoms with Gasteiger partial charge in [0, 0.05) is 12.1 Å². The molecule has 0 saturated carbocycles. The van der Waals surface area contributed by atoms with Crippen molar-refractivity contribution >= 4 is 5.69 Å². The minimum atomic E-state index is -0.445. The van der Waals surface area contributed by atoms with Crippen LogP contribution in [0.3, 0.4) is 0 Å². The van der Waals surface area contributed by atoms with Crippen LogP contribution in [0.2, 0.25) is 0 Å². The van der Waals surface area contributed by atoms with Crippen molar-refractivity contribution in [3.05, 3.63) is 89.0 Å². The molecule has 0 heterocycles. The molecule has 0 amide bonds. The average Bonchev–Trinajstić information content (AvgIpc) is 2.58. The maximum Gasteiger partial charge on any atom is 0.269 e. The Kier molecular flexibility index (Phi) is 4.20. The molecule has 0 unspecified atom stereocenters. The summed E-state index contributed by atoms with van der Waals surface area (Å²) in [5, 5.41) is 10.6. The van der Waals surface area contributed by atoms with Crippen molar-refractivity contribution in [3.8, 4) is 23.0 Å². The highest BCUT2D eigenvalue weighted by molar-refractivity contribution is 5.40. The lowest BCUT2D eigenvalue weighted by molar-refractivity contribution is -0.384. The van der Waals surface area contributed by atoms with E-state index in [2.05, 4.69) is 0 Å². The highest BCUT2D eigenvalue weighted by atomic mass is 16.6. The number of non-ortho nitro benzene ring substituents is 1. The molecule has 0 spiro atoms. The van der Waals surface area contributed by atoms with E-state index in [9.17, 15) is 10.1 Å². The molecule has 0 atom stereocenters. The summed E-state index contributed by atoms with van der Waals surface area (Å²) in [5.41, 5.74) is 0.0314. The first-order valence-electron chi connectivity index (χ1n) is 6.96. The minimum Gasteiger partial charge on any atom is -0.457 e. The SMILES string of the molecule is O=[N+]([O-])c1ccc(Oc2ccc(Oc3ccccc3)cc2)cc1. The van der Waals surface area contributed by atoms with Gasteiger partial charge in [0.25, 0.3) is 5.69 Å². The summed E-state index contributed by atoms with van der Waals surface area (Å²) >= 11 is 0. The molecule has 0 bridgehead atoms. The summed E-state index contributed by atoms with van der Waals surface area (Å²) in [5.74, 6) is 2.62. The van der Waals surface area contributed by atoms with Crippen LogP contribution in [-0.4, -0.2) is 4.92 Å². The lowest BCUT2D eigenvalue weighted by atomic mass is 10.3. The molecule has 0 aliphatic carbocycles. The van der Waals surface area contributed by atoms with Gasteiger partial charge in [0.05, 0.1) is 4.92 Å². The number of nitro groups is 1. The Morgan fingerprint density at radius 3 is 1.43 bits per heavy atom. The van der Waals surface area contributed by atoms with E-state index < -0.39 is 4.92 Å². The average molecular weight is 307 g/mol. The van der Waals surface area contributed by atoms with Gasteiger partial charge in [-0.2, -0.15) is 0 Å². The first-order chi connectivity index (χ1) is 11.2. The van der Waals surface area contributed by atoms with Crippen LogP contribution in [0.25, 0.3) is 0 Å². The summed E-state index contributed by atoms with van der Waals surface area (Å²) in [6.45, 7) is 0. The fraction of sp³-hybridized carbons (Fsp3) is 0. The van der Waals surface area contributed by atoms with Crippen molar-refractivity contribution in [2.45, 2.75) is 0 Å². The Bertz CT molecular complexity index is 784. The van der Waals surface area contributed by atoms with E-state index in [1.54, 1.807) is 36.4 Å². The first kappa shape index (κ1) is 14.6. The Balaban J connectivity index is 1.66. The van der Waals surface area contributed by atoms with Crippen LogP contribution < -0.4 is 9.47 Å². The number of benzene rings is 3. The molecule has 5 heteroatoms. The maximum absolute atomic E-state index is 10.6. The molecule has 0 aromatic heterocycles. The highest BCUT2D eigenvalue weighted by Gasteiger charge is 2.05. The minimum absolute atomic E-state index is 0.0314. The summed E-state index contributed by atoms with van der Waals surface area (Å²) in [7, 11) is 0. The highest BCUT2D eigenvalue weighted by Crippen LogP contribution is 2.27. The third-order valence-corrected chi connectivity index (χ3v) is 3.09. The second kappa shape index (κ2) is 6.62. The van der Waals surface area contributed by atoms with Crippen LogP contribution in [0.1, 0.15) is 0 Å². The molecule has 23 heavy (non-hydrogen) atoms. The van der Waals surface area contributed by atoms with Crippen LogP contribution in [0.5, 0.6) is 23.0 Å². The fourth-order valence-corrected chi connectivity index (χ4v) is 1.97. The topological polar surface area (TPSA) is 61.6 Å². The summed E-state index contributed by atoms with van der Waals surface area (Å²) in [6, 6.07) is 22.6. The lowest BCUT2D eigenvalue weighted by Crippen LogP contribution is -1.89. The van der Waals surface area contributed by atoms with E-state index in [1.807, 2.05) is 30.3 Å². The molecule has 0 saturated heterocycles. The molecule has 0 aliphatic rings. The molecule has 0 fully saturated rings. The third kappa shape index (κ3) is 3.85. The van der Waals surface area contributed by atoms with Gasteiger partial charge in [0.2, 0.25) is 0 Å². The Morgan fingerprint density at radius 1 is 0.609 bits per heavy atom. The Labute approximate surface area is 132 Å². The second-order valence-corrected chi connectivity index (χ2v) is 4.74. The molecule has 0 N–H and O–H groups in total. The zero-order valence-electron chi connectivity index (χ0n) is 12.1. The number of nitro benzene ring substituents is 1. The number of para-hydroxylation sites is 1. The van der Waals surface area contributed by atoms with E-state index in [0.29, 0.717) is 17.2 Å². The van der Waals surface area contributed by atoms with Crippen molar-refractivity contribution in [1.82, 2.24) is 0 Å². The van der Waals surface area contributed by atoms with Gasteiger partial charge in [-0.1, -0.05) is 18.2 Å². The molecule has 0 radical (unpaired) electrons. The lowest BCUT2D eigenvalue weighted by Gasteiger charge is -2.08. The number of nitrogens with zero attached hydrogens (tertiary/aromatic N) is 1. The zero-order chi connectivity index (χ0) is 16.1. The molecular weight excluding hydrogens is 294 g/mol. The van der Waals surface area contributed by atoms with Crippen molar-refractivity contribution < 1.29 is 14.4 Å². The summed E-state index contributed by atoms with van der Waals surface area (Å²) in [4.78, 5) is 10.2. The van der Waals surface area contributed by atoms with Crippen molar-refractivity contribution in [1.29, 1.82) is 0 Å². The maximum atomic E-state index is 10.6. The predicted octanol–water partition coefficient (Wildman–Crippen LogP) is 5.18. The van der Waals surface area contributed by atoms with Gasteiger partial charge in [0.1, 0.15) is 23.0 Å². The standard InChI is InChI=1S/C18H13NO4/c20-19(21)14-6-8-16(9-7-14)23-18-12-10-17(11-13-18)22-15-4-2-1-3-5-15/h1-13H. The van der Waals surface area contributed by atoms with E-state index >= 15 is 0 Å². The van der Waals surface area contributed by atoms with Crippen molar-refractivity contribution in [3.63, 3.8) is 0 Å². The second-order valence-electron chi connectivity index (χ2n) is 4.74. The first-order valence-corrected chi connectivity index (χ1v) is 6.96. The largest absolute Gasteiger partial charge is 0.457 e. The van der Waals surface area contributed by atoms with Crippen LogP contribution in [0, 0.1) is 10.1 Å². The van der Waals surface area contributed by atoms with Gasteiger partial charge < -0.3 is 9.47 Å². The Morgan fingerprint density at radius 2 is 1.00 bits per heavy atom. The molecule has 0 aliphatic heterocycles. The number of hydrogen-bond donors (Lipinski definition) is 0. The van der Waals surface area contributed by atoms with E-state index in [-0.39, 0.29) is 5.69 Å². The smallest absolute Gasteiger partial charge is 0.269 e. The number of rotatable bonds is 5. The van der Waals surface area contributed by atoms with Crippen molar-refractivity contribution in [2.75, 3.05) is 0 Å². The van der Waals surface area contributed by atoms with Crippen LogP contribution in [-0.2, 0) is 0 Å². The Hall–Kier alpha value is -3.34. The van der Waals surface area contributed by atoms with E-state index in [0.717, 1.165) is 5.75 Å². The van der Waals surface area contributed by atoms with Gasteiger partial charge in [-0.25, -0.2) is 0 Å². The van der Waals surface area contributed by atoms with Gasteiger partial charge in [0.15, 0.2) is 0 Å². The quantitative estimate of drug-likeness (QED) is 0.481. The summed E-state index contributed by atoms with van der Waals surface area (Å²) < 4.78 is 11.3. The third-order valence-electron chi connectivity index (χ3n) is 3.09. The van der Waals surface area contributed by atoms with Gasteiger partial charge in [-0.3, -0.25) is 10.1 Å². The van der Waals surface area contributed by atoms with E-state index in [1.165, 1.54) is 12.1 Å². The molecule has 3 aromatic rings. The van der Waals surface area contributed by atoms with Crippen LogP contribution >= 0.6 is 0 Å². The number of ether oxygens (including phenoxy) is 2. The van der Waals surface area contributed by atoms with Gasteiger partial charge in [-0.05, 0) is 48.5 Å². The number of hydrogen-bond acceptors (Lipinski definition) is 4. The van der Waals surface area contributed by atoms with Gasteiger partial charge in [-0.15, -0.1) is 0 Å². The molecule has 114 valence electrons. The molecular formula is C18H13NO4. The summed E-state index contributed by atoms with van der Waals surface area (Å²) in [6.07, 6.45) is 0. The monoisotopic (exact) mass is 307 g/mol.